The lowest BCUT2D eigenvalue weighted by atomic mass is 10.1. The predicted octanol–water partition coefficient (Wildman–Crippen LogP) is -0.374. The number of nitrogens with zero attached hydrogens (tertiary/aromatic N) is 2. The average molecular weight is 284 g/mol. The second kappa shape index (κ2) is 5.14. The number of amides is 1. The van der Waals surface area contributed by atoms with Crippen molar-refractivity contribution in [2.75, 3.05) is 24.0 Å². The number of nitrogen functional groups attached to an aromatic ring is 1. The van der Waals surface area contributed by atoms with Gasteiger partial charge in [-0.3, -0.25) is 15.6 Å². The van der Waals surface area contributed by atoms with Gasteiger partial charge in [0.05, 0.1) is 29.0 Å². The Balaban J connectivity index is 2.20. The summed E-state index contributed by atoms with van der Waals surface area (Å²) in [5.74, 6) is 5.21. The van der Waals surface area contributed by atoms with Crippen LogP contribution in [0.5, 0.6) is 0 Å². The van der Waals surface area contributed by atoms with Gasteiger partial charge in [-0.05, 0) is 12.5 Å². The van der Waals surface area contributed by atoms with E-state index in [-0.39, 0.29) is 23.5 Å². The van der Waals surface area contributed by atoms with Crippen molar-refractivity contribution in [3.63, 3.8) is 0 Å². The first-order valence-corrected chi connectivity index (χ1v) is 7.65. The van der Waals surface area contributed by atoms with E-state index < -0.39 is 9.84 Å². The van der Waals surface area contributed by atoms with Crippen LogP contribution in [0.1, 0.15) is 16.8 Å². The molecule has 1 amide bonds. The number of aromatic nitrogens is 1. The molecule has 104 valence electrons. The predicted molar refractivity (Wildman–Crippen MR) is 71.2 cm³/mol. The summed E-state index contributed by atoms with van der Waals surface area (Å²) in [6, 6.07) is 1.27. The average Bonchev–Trinajstić information content (AvgIpc) is 2.77. The Kier molecular flexibility index (Phi) is 3.72. The van der Waals surface area contributed by atoms with Gasteiger partial charge in [0, 0.05) is 19.3 Å². The lowest BCUT2D eigenvalue weighted by Crippen LogP contribution is -2.38. The third-order valence-corrected chi connectivity index (χ3v) is 5.03. The normalized spacial score (nSPS) is 21.1. The van der Waals surface area contributed by atoms with E-state index in [2.05, 4.69) is 10.4 Å². The highest BCUT2D eigenvalue weighted by atomic mass is 32.2. The maximum Gasteiger partial charge on any atom is 0.256 e. The third kappa shape index (κ3) is 2.85. The van der Waals surface area contributed by atoms with Crippen molar-refractivity contribution >= 4 is 21.4 Å². The first kappa shape index (κ1) is 13.8. The number of hydrogen-bond donors (Lipinski definition) is 2. The Bertz CT molecular complexity index is 587. The molecule has 0 aromatic carbocycles. The van der Waals surface area contributed by atoms with Crippen LogP contribution < -0.4 is 11.3 Å². The Morgan fingerprint density at radius 2 is 2.32 bits per heavy atom. The first-order valence-electron chi connectivity index (χ1n) is 5.83. The summed E-state index contributed by atoms with van der Waals surface area (Å²) in [6.45, 7) is 0. The minimum atomic E-state index is -3.02. The molecule has 2 heterocycles. The van der Waals surface area contributed by atoms with Crippen LogP contribution in [-0.2, 0) is 9.84 Å². The largest absolute Gasteiger partial charge is 0.338 e. The van der Waals surface area contributed by atoms with E-state index >= 15 is 0 Å². The number of pyridine rings is 1. The lowest BCUT2D eigenvalue weighted by molar-refractivity contribution is 0.0748. The van der Waals surface area contributed by atoms with Crippen molar-refractivity contribution in [2.24, 2.45) is 5.84 Å². The number of nitrogens with two attached hydrogens (primary N) is 1. The maximum atomic E-state index is 12.3. The van der Waals surface area contributed by atoms with Gasteiger partial charge in [-0.2, -0.15) is 0 Å². The molecule has 1 aliphatic heterocycles. The van der Waals surface area contributed by atoms with Gasteiger partial charge < -0.3 is 10.3 Å². The minimum Gasteiger partial charge on any atom is -0.338 e. The van der Waals surface area contributed by atoms with Crippen LogP contribution >= 0.6 is 0 Å². The van der Waals surface area contributed by atoms with Gasteiger partial charge in [-0.15, -0.1) is 0 Å². The molecule has 1 aromatic rings. The third-order valence-electron chi connectivity index (χ3n) is 3.28. The molecular weight excluding hydrogens is 268 g/mol. The van der Waals surface area contributed by atoms with E-state index in [0.717, 1.165) is 0 Å². The number of rotatable bonds is 3. The van der Waals surface area contributed by atoms with Crippen LogP contribution in [0.25, 0.3) is 0 Å². The van der Waals surface area contributed by atoms with Crippen molar-refractivity contribution in [1.29, 1.82) is 0 Å². The first-order chi connectivity index (χ1) is 8.94. The Hall–Kier alpha value is -1.67. The minimum absolute atomic E-state index is 0.0196. The van der Waals surface area contributed by atoms with E-state index in [1.165, 1.54) is 17.3 Å². The molecule has 19 heavy (non-hydrogen) atoms. The molecule has 0 spiro atoms. The van der Waals surface area contributed by atoms with Crippen molar-refractivity contribution in [3.05, 3.63) is 24.0 Å². The van der Waals surface area contributed by atoms with Gasteiger partial charge in [-0.1, -0.05) is 0 Å². The highest BCUT2D eigenvalue weighted by Crippen LogP contribution is 2.21. The molecule has 1 saturated heterocycles. The number of anilines is 1. The topological polar surface area (TPSA) is 105 Å². The van der Waals surface area contributed by atoms with Crippen LogP contribution in [-0.4, -0.2) is 48.8 Å². The molecule has 0 radical (unpaired) electrons. The second-order valence-electron chi connectivity index (χ2n) is 4.54. The summed E-state index contributed by atoms with van der Waals surface area (Å²) >= 11 is 0. The highest BCUT2D eigenvalue weighted by Gasteiger charge is 2.33. The molecule has 1 fully saturated rings. The van der Waals surface area contributed by atoms with Crippen LogP contribution in [0.15, 0.2) is 18.5 Å². The monoisotopic (exact) mass is 284 g/mol. The number of sulfone groups is 1. The summed E-state index contributed by atoms with van der Waals surface area (Å²) < 4.78 is 22.9. The summed E-state index contributed by atoms with van der Waals surface area (Å²) in [7, 11) is -1.41. The van der Waals surface area contributed by atoms with Gasteiger partial charge in [0.2, 0.25) is 0 Å². The number of carbonyl (C=O) groups is 1. The standard InChI is InChI=1S/C11H16N4O3S/c1-15(8-3-5-19(17,18)7-8)11(16)9-2-4-13-6-10(9)14-12/h2,4,6,8,14H,3,5,7,12H2,1H3. The van der Waals surface area contributed by atoms with Crippen molar-refractivity contribution in [2.45, 2.75) is 12.5 Å². The molecule has 3 N–H and O–H groups in total. The molecule has 1 unspecified atom stereocenters. The van der Waals surface area contributed by atoms with E-state index in [0.29, 0.717) is 17.7 Å². The zero-order valence-corrected chi connectivity index (χ0v) is 11.4. The molecule has 2 rings (SSSR count). The molecule has 8 heteroatoms. The highest BCUT2D eigenvalue weighted by molar-refractivity contribution is 7.91. The van der Waals surface area contributed by atoms with Crippen molar-refractivity contribution in [3.8, 4) is 0 Å². The number of carbonyl (C=O) groups excluding carboxylic acids is 1. The molecule has 1 aliphatic rings. The summed E-state index contributed by atoms with van der Waals surface area (Å²) in [5.41, 5.74) is 3.21. The molecule has 0 bridgehead atoms. The SMILES string of the molecule is CN(C(=O)c1ccncc1NN)C1CCS(=O)(=O)C1. The van der Waals surface area contributed by atoms with E-state index in [1.807, 2.05) is 0 Å². The molecule has 7 nitrogen and oxygen atoms in total. The Labute approximate surface area is 111 Å². The quantitative estimate of drug-likeness (QED) is 0.579. The van der Waals surface area contributed by atoms with Crippen molar-refractivity contribution < 1.29 is 13.2 Å². The van der Waals surface area contributed by atoms with E-state index in [4.69, 9.17) is 5.84 Å². The molecule has 0 saturated carbocycles. The fourth-order valence-corrected chi connectivity index (χ4v) is 3.91. The van der Waals surface area contributed by atoms with Gasteiger partial charge >= 0.3 is 0 Å². The summed E-state index contributed by atoms with van der Waals surface area (Å²) in [4.78, 5) is 17.7. The van der Waals surface area contributed by atoms with Crippen molar-refractivity contribution in [1.82, 2.24) is 9.88 Å². The Morgan fingerprint density at radius 1 is 1.58 bits per heavy atom. The lowest BCUT2D eigenvalue weighted by Gasteiger charge is -2.24. The zero-order chi connectivity index (χ0) is 14.0. The van der Waals surface area contributed by atoms with Gasteiger partial charge in [0.15, 0.2) is 9.84 Å². The van der Waals surface area contributed by atoms with Gasteiger partial charge in [-0.25, -0.2) is 8.42 Å². The molecule has 1 aromatic heterocycles. The van der Waals surface area contributed by atoms with Gasteiger partial charge in [0.25, 0.3) is 5.91 Å². The zero-order valence-electron chi connectivity index (χ0n) is 10.5. The van der Waals surface area contributed by atoms with E-state index in [9.17, 15) is 13.2 Å². The van der Waals surface area contributed by atoms with Crippen LogP contribution in [0.2, 0.25) is 0 Å². The number of hydrogen-bond acceptors (Lipinski definition) is 6. The number of hydrazine groups is 1. The van der Waals surface area contributed by atoms with E-state index in [1.54, 1.807) is 13.1 Å². The smallest absolute Gasteiger partial charge is 0.256 e. The second-order valence-corrected chi connectivity index (χ2v) is 6.77. The fraction of sp³-hybridized carbons (Fsp3) is 0.455. The summed E-state index contributed by atoms with van der Waals surface area (Å²) in [5, 5.41) is 0. The van der Waals surface area contributed by atoms with Crippen LogP contribution in [0.3, 0.4) is 0 Å². The van der Waals surface area contributed by atoms with Gasteiger partial charge in [0.1, 0.15) is 0 Å². The van der Waals surface area contributed by atoms with Crippen LogP contribution in [0.4, 0.5) is 5.69 Å². The fourth-order valence-electron chi connectivity index (χ4n) is 2.13. The maximum absolute atomic E-state index is 12.3. The molecule has 1 atom stereocenters. The summed E-state index contributed by atoms with van der Waals surface area (Å²) in [6.07, 6.45) is 3.42. The Morgan fingerprint density at radius 3 is 2.89 bits per heavy atom. The van der Waals surface area contributed by atoms with Crippen LogP contribution in [0, 0.1) is 0 Å². The number of nitrogens with one attached hydrogen (secondary N) is 1. The molecule has 0 aliphatic carbocycles. The molecular formula is C11H16N4O3S.